The minimum atomic E-state index is -0.966. The highest BCUT2D eigenvalue weighted by atomic mass is 79.9. The molecule has 0 N–H and O–H groups in total. The molecule has 130 valence electrons. The number of fused-ring (bicyclic) bond motifs is 1. The molecule has 5 nitrogen and oxygen atoms in total. The number of aromatic nitrogens is 1. The molecule has 0 saturated carbocycles. The van der Waals surface area contributed by atoms with Gasteiger partial charge in [0.15, 0.2) is 5.78 Å². The van der Waals surface area contributed by atoms with E-state index < -0.39 is 23.5 Å². The second-order valence-corrected chi connectivity index (χ2v) is 7.62. The van der Waals surface area contributed by atoms with Gasteiger partial charge in [0.05, 0.1) is 5.41 Å². The van der Waals surface area contributed by atoms with Crippen LogP contribution >= 0.6 is 15.9 Å². The van der Waals surface area contributed by atoms with Crippen molar-refractivity contribution in [3.63, 3.8) is 0 Å². The Morgan fingerprint density at radius 2 is 1.92 bits per heavy atom. The molecule has 1 heterocycles. The van der Waals surface area contributed by atoms with Crippen LogP contribution in [0, 0.1) is 5.41 Å². The van der Waals surface area contributed by atoms with Gasteiger partial charge < -0.3 is 9.30 Å². The highest BCUT2D eigenvalue weighted by molar-refractivity contribution is 9.10. The summed E-state index contributed by atoms with van der Waals surface area (Å²) < 4.78 is 7.87. The first-order chi connectivity index (χ1) is 11.7. The number of carbonyl (C=O) groups excluding carboxylic acids is 2. The zero-order chi connectivity index (χ0) is 18.4. The predicted molar refractivity (Wildman–Crippen MR) is 96.6 cm³/mol. The van der Waals surface area contributed by atoms with Crippen molar-refractivity contribution in [2.24, 2.45) is 5.41 Å². The lowest BCUT2D eigenvalue weighted by Crippen LogP contribution is -2.51. The monoisotopic (exact) mass is 403 g/mol. The summed E-state index contributed by atoms with van der Waals surface area (Å²) in [6.45, 7) is 4.80. The summed E-state index contributed by atoms with van der Waals surface area (Å²) in [5.74, 6) is -0.597. The molecule has 2 unspecified atom stereocenters. The third kappa shape index (κ3) is 2.95. The molecule has 0 fully saturated rings. The smallest absolute Gasteiger partial charge is 0.303 e. The lowest BCUT2D eigenvalue weighted by molar-refractivity contribution is -0.153. The van der Waals surface area contributed by atoms with E-state index in [0.717, 1.165) is 4.47 Å². The number of rotatable bonds is 2. The molecule has 0 radical (unpaired) electrons. The van der Waals surface area contributed by atoms with Gasteiger partial charge in [-0.15, -0.1) is 0 Å². The Labute approximate surface area is 153 Å². The van der Waals surface area contributed by atoms with Crippen molar-refractivity contribution in [3.05, 3.63) is 68.5 Å². The van der Waals surface area contributed by atoms with Crippen LogP contribution in [0.25, 0.3) is 0 Å². The quantitative estimate of drug-likeness (QED) is 0.721. The number of hydrogen-bond donors (Lipinski definition) is 0. The van der Waals surface area contributed by atoms with Crippen LogP contribution in [0.5, 0.6) is 0 Å². The van der Waals surface area contributed by atoms with Crippen LogP contribution in [0.2, 0.25) is 0 Å². The summed E-state index contributed by atoms with van der Waals surface area (Å²) in [5.41, 5.74) is 0.0169. The number of halogens is 1. The second-order valence-electron chi connectivity index (χ2n) is 6.70. The lowest BCUT2D eigenvalue weighted by atomic mass is 9.68. The van der Waals surface area contributed by atoms with Crippen LogP contribution in [0.3, 0.4) is 0 Å². The van der Waals surface area contributed by atoms with Crippen molar-refractivity contribution < 1.29 is 14.3 Å². The fourth-order valence-electron chi connectivity index (χ4n) is 3.38. The third-order valence-electron chi connectivity index (χ3n) is 4.60. The number of pyridine rings is 1. The van der Waals surface area contributed by atoms with E-state index in [2.05, 4.69) is 15.9 Å². The van der Waals surface area contributed by atoms with Gasteiger partial charge in [-0.2, -0.15) is 0 Å². The molecule has 1 aliphatic rings. The van der Waals surface area contributed by atoms with Crippen molar-refractivity contribution in [1.29, 1.82) is 0 Å². The van der Waals surface area contributed by atoms with E-state index in [0.29, 0.717) is 11.1 Å². The number of carbonyl (C=O) groups is 2. The molecule has 6 heteroatoms. The SMILES string of the molecule is CC(=O)OC1C(n2ccccc2=O)c2cc(Br)ccc2C(=O)C1(C)C. The number of benzene rings is 1. The summed E-state index contributed by atoms with van der Waals surface area (Å²) in [6, 6.07) is 9.61. The molecule has 0 aliphatic heterocycles. The highest BCUT2D eigenvalue weighted by Gasteiger charge is 2.50. The maximum atomic E-state index is 13.0. The fourth-order valence-corrected chi connectivity index (χ4v) is 3.75. The Kier molecular flexibility index (Phi) is 4.41. The molecule has 2 atom stereocenters. The summed E-state index contributed by atoms with van der Waals surface area (Å²) in [4.78, 5) is 37.2. The zero-order valence-electron chi connectivity index (χ0n) is 14.2. The standard InChI is InChI=1S/C19H18BrNO4/c1-11(22)25-18-16(21-9-5-4-6-15(21)23)14-10-12(20)7-8-13(14)17(24)19(18,2)3/h4-10,16,18H,1-3H3. The lowest BCUT2D eigenvalue weighted by Gasteiger charge is -2.43. The van der Waals surface area contributed by atoms with Crippen LogP contribution in [-0.4, -0.2) is 22.4 Å². The fraction of sp³-hybridized carbons (Fsp3) is 0.316. The van der Waals surface area contributed by atoms with E-state index in [1.807, 2.05) is 6.07 Å². The molecule has 0 spiro atoms. The van der Waals surface area contributed by atoms with E-state index >= 15 is 0 Å². The molecule has 3 rings (SSSR count). The minimum absolute atomic E-state index is 0.110. The van der Waals surface area contributed by atoms with Crippen molar-refractivity contribution >= 4 is 27.7 Å². The Morgan fingerprint density at radius 1 is 1.20 bits per heavy atom. The second kappa shape index (κ2) is 6.26. The number of nitrogens with zero attached hydrogens (tertiary/aromatic N) is 1. The third-order valence-corrected chi connectivity index (χ3v) is 5.10. The highest BCUT2D eigenvalue weighted by Crippen LogP contribution is 2.45. The first-order valence-electron chi connectivity index (χ1n) is 7.92. The number of hydrogen-bond acceptors (Lipinski definition) is 4. The van der Waals surface area contributed by atoms with Crippen molar-refractivity contribution in [1.82, 2.24) is 4.57 Å². The largest absolute Gasteiger partial charge is 0.459 e. The zero-order valence-corrected chi connectivity index (χ0v) is 15.7. The van der Waals surface area contributed by atoms with Gasteiger partial charge in [0.2, 0.25) is 0 Å². The summed E-state index contributed by atoms with van der Waals surface area (Å²) in [6.07, 6.45) is 0.861. The van der Waals surface area contributed by atoms with Crippen LogP contribution in [-0.2, 0) is 9.53 Å². The Bertz CT molecular complexity index is 916. The number of Topliss-reactive ketones (excluding diaryl/α,β-unsaturated/α-hetero) is 1. The predicted octanol–water partition coefficient (Wildman–Crippen LogP) is 3.35. The van der Waals surface area contributed by atoms with Gasteiger partial charge in [0.25, 0.3) is 5.56 Å². The first kappa shape index (κ1) is 17.6. The van der Waals surface area contributed by atoms with Gasteiger partial charge in [-0.1, -0.05) is 22.0 Å². The minimum Gasteiger partial charge on any atom is -0.459 e. The molecule has 0 saturated heterocycles. The topological polar surface area (TPSA) is 65.4 Å². The van der Waals surface area contributed by atoms with E-state index in [9.17, 15) is 14.4 Å². The van der Waals surface area contributed by atoms with E-state index in [-0.39, 0.29) is 11.3 Å². The summed E-state index contributed by atoms with van der Waals surface area (Å²) in [5, 5.41) is 0. The van der Waals surface area contributed by atoms with Crippen LogP contribution in [0.15, 0.2) is 51.9 Å². The maximum absolute atomic E-state index is 13.0. The van der Waals surface area contributed by atoms with Crippen molar-refractivity contribution in [2.75, 3.05) is 0 Å². The van der Waals surface area contributed by atoms with E-state index in [1.165, 1.54) is 17.6 Å². The van der Waals surface area contributed by atoms with E-state index in [4.69, 9.17) is 4.74 Å². The van der Waals surface area contributed by atoms with E-state index in [1.54, 1.807) is 44.3 Å². The number of esters is 1. The molecule has 0 amide bonds. The van der Waals surface area contributed by atoms with Crippen LogP contribution < -0.4 is 5.56 Å². The van der Waals surface area contributed by atoms with Crippen LogP contribution in [0.1, 0.15) is 42.7 Å². The van der Waals surface area contributed by atoms with Gasteiger partial charge in [-0.25, -0.2) is 0 Å². The average Bonchev–Trinajstić information content (AvgIpc) is 2.54. The molecule has 1 aromatic heterocycles. The molecule has 0 bridgehead atoms. The molecule has 1 aliphatic carbocycles. The normalized spacial score (nSPS) is 21.5. The Morgan fingerprint density at radius 3 is 2.56 bits per heavy atom. The Hall–Kier alpha value is -2.21. The average molecular weight is 404 g/mol. The Balaban J connectivity index is 2.33. The summed E-state index contributed by atoms with van der Waals surface area (Å²) >= 11 is 3.42. The van der Waals surface area contributed by atoms with Crippen LogP contribution in [0.4, 0.5) is 0 Å². The molecule has 2 aromatic rings. The van der Waals surface area contributed by atoms with Gasteiger partial charge in [0, 0.05) is 29.2 Å². The summed E-state index contributed by atoms with van der Waals surface area (Å²) in [7, 11) is 0. The number of ether oxygens (including phenoxy) is 1. The molecule has 1 aromatic carbocycles. The van der Waals surface area contributed by atoms with Crippen molar-refractivity contribution in [2.45, 2.75) is 32.9 Å². The molecule has 25 heavy (non-hydrogen) atoms. The first-order valence-corrected chi connectivity index (χ1v) is 8.71. The van der Waals surface area contributed by atoms with Gasteiger partial charge in [-0.3, -0.25) is 14.4 Å². The maximum Gasteiger partial charge on any atom is 0.303 e. The van der Waals surface area contributed by atoms with Crippen molar-refractivity contribution in [3.8, 4) is 0 Å². The molecular formula is C19H18BrNO4. The van der Waals surface area contributed by atoms with Gasteiger partial charge in [0.1, 0.15) is 12.1 Å². The van der Waals surface area contributed by atoms with Gasteiger partial charge >= 0.3 is 5.97 Å². The molecular weight excluding hydrogens is 386 g/mol. The number of ketones is 1. The van der Waals surface area contributed by atoms with Gasteiger partial charge in [-0.05, 0) is 43.7 Å².